The molecule has 0 unspecified atom stereocenters. The van der Waals surface area contributed by atoms with E-state index >= 15 is 0 Å². The van der Waals surface area contributed by atoms with Crippen LogP contribution in [0.1, 0.15) is 101 Å². The fourth-order valence-corrected chi connectivity index (χ4v) is 18.6. The van der Waals surface area contributed by atoms with Gasteiger partial charge >= 0.3 is 150 Å². The number of nitrogens with zero attached hydrogens (tertiary/aromatic N) is 1. The number of carbonyl (C=O) groups excluding carboxylic acids is 5. The molecule has 0 heterocycles. The first-order valence-corrected chi connectivity index (χ1v) is 53.1. The van der Waals surface area contributed by atoms with Crippen molar-refractivity contribution in [2.24, 2.45) is 5.73 Å². The van der Waals surface area contributed by atoms with E-state index in [0.717, 1.165) is 68.9 Å². The zero-order valence-electron chi connectivity index (χ0n) is 81.3. The minimum absolute atomic E-state index is 0. The summed E-state index contributed by atoms with van der Waals surface area (Å²) in [7, 11) is -7.93. The molecule has 0 amide bonds. The second-order valence-corrected chi connectivity index (χ2v) is 41.4. The number of nitriles is 1. The minimum Gasteiger partial charge on any atom is -1.00 e. The van der Waals surface area contributed by atoms with E-state index < -0.39 is 84.4 Å². The Balaban J connectivity index is 0.000000605. The largest absolute Gasteiger partial charge is 1.00 e. The quantitative estimate of drug-likeness (QED) is 0.00360. The number of nitrogens with two attached hydrogens (primary N) is 1. The number of carbonyl (C=O) groups is 5. The van der Waals surface area contributed by atoms with Gasteiger partial charge in [-0.05, 0) is 208 Å². The molecule has 30 nitrogen and oxygen atoms in total. The van der Waals surface area contributed by atoms with Crippen LogP contribution in [0, 0.1) is 25.2 Å². The number of methoxy groups -OCH3 is 2. The molecule has 0 aliphatic rings. The van der Waals surface area contributed by atoms with Crippen LogP contribution in [0.3, 0.4) is 0 Å². The number of phenols is 4. The van der Waals surface area contributed by atoms with Crippen LogP contribution in [0.5, 0.6) is 46.0 Å². The number of aryl methyl sites for hydroxylation is 4. The van der Waals surface area contributed by atoms with Gasteiger partial charge in [-0.1, -0.05) is 255 Å². The first kappa shape index (κ1) is 133. The van der Waals surface area contributed by atoms with E-state index in [9.17, 15) is 73.3 Å². The molecule has 0 radical (unpaired) electrons. The Hall–Kier alpha value is -8.61. The molecule has 0 spiro atoms. The van der Waals surface area contributed by atoms with E-state index in [-0.39, 0.29) is 236 Å². The third-order valence-corrected chi connectivity index (χ3v) is 26.1. The molecular weight excluding hydrogens is 2440 g/mol. The summed E-state index contributed by atoms with van der Waals surface area (Å²) < 4.78 is 142. The molecule has 13 aromatic rings. The van der Waals surface area contributed by atoms with Crippen molar-refractivity contribution in [2.75, 3.05) is 32.0 Å². The van der Waals surface area contributed by atoms with E-state index in [1.54, 1.807) is 48.5 Å². The van der Waals surface area contributed by atoms with Gasteiger partial charge in [0.1, 0.15) is 83.1 Å². The molecule has 13 rings (SSSR count). The van der Waals surface area contributed by atoms with Crippen molar-refractivity contribution in [3.8, 4) is 52.1 Å². The summed E-state index contributed by atoms with van der Waals surface area (Å²) >= 11 is 38.1. The Morgan fingerprint density at radius 1 is 0.408 bits per heavy atom. The average molecular weight is 2540 g/mol. The third kappa shape index (κ3) is 51.9. The maximum atomic E-state index is 13.1. The van der Waals surface area contributed by atoms with Crippen LogP contribution in [0.25, 0.3) is 0 Å². The number of alkyl halides is 1. The molecule has 0 aliphatic heterocycles. The van der Waals surface area contributed by atoms with E-state index in [1.807, 2.05) is 159 Å². The number of aromatic hydroxyl groups is 4. The second kappa shape index (κ2) is 70.5. The zero-order valence-corrected chi connectivity index (χ0v) is 103. The zero-order chi connectivity index (χ0) is 107. The Kier molecular flexibility index (Phi) is 63.6. The number of esters is 2. The van der Waals surface area contributed by atoms with Crippen molar-refractivity contribution in [3.05, 3.63) is 393 Å². The molecule has 147 heavy (non-hydrogen) atoms. The minimum atomic E-state index is -4.03. The summed E-state index contributed by atoms with van der Waals surface area (Å²) in [5, 5.41) is 55.3. The molecule has 44 heteroatoms. The Labute approximate surface area is 1020 Å². The van der Waals surface area contributed by atoms with E-state index in [0.29, 0.717) is 84.4 Å². The summed E-state index contributed by atoms with van der Waals surface area (Å²) in [6, 6.07) is 83.8. The number of hydrogen-bond donors (Lipinski definition) is 5. The first-order chi connectivity index (χ1) is 68.9. The molecule has 0 fully saturated rings. The standard InChI is InChI=1S/C29H24Cl4O7S2.C17H16O5.C16H18O4S.C15H17NO.C10H10O5.C7H7Br.C6H3Cl3O3S.C2H3N.CH2O3.2Cs.H/c30-21-13-24(32)28(34)26(15-21)41(36,37)8-6-19-10-20(12-23(11-19)40-17-18-4-2-1-3-5-18)7-9-42(38,39)27-16-22(31)14-25(33)29(27)35;1-20-17(19)15-7-14(10-21-12-18)8-16(9-15)22-11-13-5-3-2-4-6-13;1-13-8-15(12-20-21(2,17)18)10-16(9-13)19-11-14-6-4-3-5-7-14;1-12-7-14(10-16)9-15(8-12)17-11-13-5-3-2-4-6-13;1-14-10(13)8-2-7(5-15-6-11)3-9(12)4-8;8-6-7-4-2-1-3-5-7;7-3-1-4(8)6(10)5(2-3)13(9,11)12;1-2-3;2-1-4-3;;;/h1-5,10-16,34-35H,6-9,17H2;2-9,12H,10-11H2,1H3;3-10H,11-12H2,1-2H3;2-9H,10-11,16H2,1H3;2-4,6,12H,5H2,1H3;1-5H,6H2;1-2,10H;1H3;1,3H;;;/q;;;;;;;;;2*+1;-1/p-1. The molecule has 0 bridgehead atoms. The van der Waals surface area contributed by atoms with Crippen molar-refractivity contribution < 1.29 is 270 Å². The van der Waals surface area contributed by atoms with Crippen LogP contribution >= 0.6 is 96.2 Å². The monoisotopic (exact) mass is 2530 g/mol. The Bertz CT molecular complexity index is 6820. The van der Waals surface area contributed by atoms with Crippen molar-refractivity contribution >= 4 is 166 Å². The number of rotatable bonds is 35. The fraction of sp³-hybridized carbons (Fsp3) is 0.184. The maximum absolute atomic E-state index is 13.1. The predicted octanol–water partition coefficient (Wildman–Crippen LogP) is 15.3. The molecule has 13 aromatic carbocycles. The third-order valence-electron chi connectivity index (χ3n) is 18.6. The number of ether oxygens (including phenoxy) is 8. The maximum Gasteiger partial charge on any atom is 1.00 e. The molecule has 0 saturated heterocycles. The first-order valence-electron chi connectivity index (χ1n) is 42.3. The summed E-state index contributed by atoms with van der Waals surface area (Å²) in [5.74, 6) is -1.18. The van der Waals surface area contributed by atoms with Gasteiger partial charge in [-0.3, -0.25) is 18.6 Å². The van der Waals surface area contributed by atoms with Crippen molar-refractivity contribution in [1.29, 1.82) is 5.26 Å². The van der Waals surface area contributed by atoms with Gasteiger partial charge in [0, 0.05) is 44.5 Å². The second-order valence-electron chi connectivity index (χ2n) is 29.9. The van der Waals surface area contributed by atoms with Gasteiger partial charge in [0.2, 0.25) is 0 Å². The molecule has 0 aromatic heterocycles. The summed E-state index contributed by atoms with van der Waals surface area (Å²) in [4.78, 5) is 53.1. The number of halogens is 8. The summed E-state index contributed by atoms with van der Waals surface area (Å²) in [5.41, 5.74) is 18.0. The smallest absolute Gasteiger partial charge is 1.00 e. The van der Waals surface area contributed by atoms with Gasteiger partial charge in [0.15, 0.2) is 36.9 Å². The number of hydrogen-bond acceptors (Lipinski definition) is 30. The van der Waals surface area contributed by atoms with Crippen LogP contribution in [0.15, 0.2) is 294 Å². The Morgan fingerprint density at radius 3 is 1.03 bits per heavy atom. The van der Waals surface area contributed by atoms with Crippen LogP contribution in [-0.4, -0.2) is 117 Å². The van der Waals surface area contributed by atoms with Gasteiger partial charge in [0.05, 0.1) is 70.9 Å². The van der Waals surface area contributed by atoms with Crippen LogP contribution < -0.4 is 168 Å². The van der Waals surface area contributed by atoms with Crippen molar-refractivity contribution in [2.45, 2.75) is 106 Å². The van der Waals surface area contributed by atoms with Gasteiger partial charge in [-0.15, -0.1) is 0 Å². The van der Waals surface area contributed by atoms with E-state index in [4.69, 9.17) is 134 Å². The molecule has 0 aliphatic carbocycles. The predicted molar refractivity (Wildman–Crippen MR) is 556 cm³/mol. The van der Waals surface area contributed by atoms with Crippen LogP contribution in [0.2, 0.25) is 30.1 Å². The van der Waals surface area contributed by atoms with Crippen LogP contribution in [-0.2, 0) is 152 Å². The molecule has 6 N–H and O–H groups in total. The molecule has 772 valence electrons. The van der Waals surface area contributed by atoms with E-state index in [2.05, 4.69) is 67.5 Å². The molecule has 0 atom stereocenters. The average Bonchev–Trinajstić information content (AvgIpc) is 0.798. The normalized spacial score (nSPS) is 10.4. The number of phenolic OH excluding ortho intramolecular Hbond substituents is 4. The van der Waals surface area contributed by atoms with Gasteiger partial charge in [0.25, 0.3) is 38.6 Å². The number of benzene rings is 13. The van der Waals surface area contributed by atoms with Gasteiger partial charge in [-0.2, -0.15) is 13.7 Å². The van der Waals surface area contributed by atoms with Crippen molar-refractivity contribution in [3.63, 3.8) is 0 Å². The molecular formula is C103H100BrCl7Cs2N2O28S4. The SMILES string of the molecule is BrCc1ccccc1.CC#N.COC(=O)c1cc(COC=O)cc(OCc2ccccc2)c1.COC(=O)c1cc(O)cc(COC=O)c1.Cc1cc(CN)cc(OCc2ccccc2)c1.Cc1cc(COS(C)(=O)=O)cc(OCc2ccccc2)c1.O=CO[O-].O=S(=O)(CCc1cc(CCS(=O)(=O)c2cc(Cl)cc(Cl)c2O)cc(OCc2ccccc2)c1)c1cc(Cl)cc(Cl)c1O.O=S(=O)(Cl)c1cc(Cl)cc(Cl)c1O.[Cs+].[Cs+].[H-]. The van der Waals surface area contributed by atoms with E-state index in [1.165, 1.54) is 74.2 Å². The topological polar surface area (TPSA) is 468 Å². The van der Waals surface area contributed by atoms with Gasteiger partial charge in [-0.25, -0.2) is 34.8 Å². The van der Waals surface area contributed by atoms with Crippen molar-refractivity contribution in [1.82, 2.24) is 0 Å². The number of sulfone groups is 2. The summed E-state index contributed by atoms with van der Waals surface area (Å²) in [6.45, 7) is 8.17. The Morgan fingerprint density at radius 2 is 0.707 bits per heavy atom. The molecule has 0 saturated carbocycles. The van der Waals surface area contributed by atoms with Crippen LogP contribution in [0.4, 0.5) is 0 Å². The fourth-order valence-electron chi connectivity index (χ4n) is 12.2. The summed E-state index contributed by atoms with van der Waals surface area (Å²) in [6.07, 6.45) is 1.06. The van der Waals surface area contributed by atoms with Gasteiger partial charge < -0.3 is 75.6 Å².